The summed E-state index contributed by atoms with van der Waals surface area (Å²) in [7, 11) is -11.2. The lowest BCUT2D eigenvalue weighted by Gasteiger charge is -2.31. The highest BCUT2D eigenvalue weighted by Crippen LogP contribution is 2.66. The summed E-state index contributed by atoms with van der Waals surface area (Å²) in [6, 6.07) is 0.875. The van der Waals surface area contributed by atoms with E-state index < -0.39 is 70.4 Å². The van der Waals surface area contributed by atoms with Crippen molar-refractivity contribution in [2.45, 2.75) is 30.5 Å². The van der Waals surface area contributed by atoms with E-state index in [-0.39, 0.29) is 0 Å². The van der Waals surface area contributed by atoms with Crippen LogP contribution in [-0.4, -0.2) is 69.9 Å². The molecule has 0 amide bonds. The minimum Gasteiger partial charge on any atom is -0.387 e. The third-order valence-electron chi connectivity index (χ3n) is 4.12. The Balaban J connectivity index is 2.28. The molecule has 6 atom stereocenters. The van der Waals surface area contributed by atoms with Gasteiger partial charge >= 0.3 is 28.1 Å². The lowest BCUT2D eigenvalue weighted by atomic mass is 9.88. The van der Waals surface area contributed by atoms with Crippen LogP contribution in [0.25, 0.3) is 0 Å². The second-order valence-corrected chi connectivity index (χ2v) is 12.5. The lowest BCUT2D eigenvalue weighted by Crippen LogP contribution is -2.53. The van der Waals surface area contributed by atoms with Crippen LogP contribution < -0.4 is 11.2 Å². The van der Waals surface area contributed by atoms with Gasteiger partial charge in [-0.1, -0.05) is 0 Å². The van der Waals surface area contributed by atoms with Gasteiger partial charge < -0.3 is 39.0 Å². The molecule has 0 spiro atoms. The second-order valence-electron chi connectivity index (χ2n) is 6.68. The topological polar surface area (TPSA) is 247 Å². The van der Waals surface area contributed by atoms with E-state index >= 15 is 0 Å². The molecule has 0 bridgehead atoms. The van der Waals surface area contributed by atoms with Crippen LogP contribution in [0.2, 0.25) is 0 Å². The fourth-order valence-corrected chi connectivity index (χ4v) is 6.77. The van der Waals surface area contributed by atoms with Gasteiger partial charge in [0.2, 0.25) is 0 Å². The predicted molar refractivity (Wildman–Crippen MR) is 103 cm³/mol. The average molecular weight is 546 g/mol. The summed E-state index contributed by atoms with van der Waals surface area (Å²) in [5.74, 6) is 0. The number of aliphatic hydroxyl groups is 2. The lowest BCUT2D eigenvalue weighted by molar-refractivity contribution is -0.136. The molecule has 1 aromatic rings. The molecule has 1 fully saturated rings. The number of hydrogen-bond acceptors (Lipinski definition) is 11. The number of nitrogens with one attached hydrogen (secondary N) is 1. The first kappa shape index (κ1) is 27.6. The van der Waals surface area contributed by atoms with Gasteiger partial charge in [-0.15, -0.1) is 0 Å². The van der Waals surface area contributed by atoms with Crippen LogP contribution in [0, 0.1) is 0 Å². The molecule has 1 saturated heterocycles. The van der Waals surface area contributed by atoms with E-state index in [1.165, 1.54) is 0 Å². The van der Waals surface area contributed by atoms with E-state index in [4.69, 9.17) is 14.5 Å². The Hall–Kier alpha value is -0.680. The van der Waals surface area contributed by atoms with E-state index in [1.54, 1.807) is 0 Å². The Morgan fingerprint density at radius 3 is 2.38 bits per heavy atom. The average Bonchev–Trinajstić information content (AvgIpc) is 2.78. The molecule has 1 aliphatic rings. The van der Waals surface area contributed by atoms with Crippen LogP contribution >= 0.6 is 22.4 Å². The number of rotatable bonds is 9. The fraction of sp³-hybridized carbons (Fsp3) is 0.636. The fourth-order valence-electron chi connectivity index (χ4n) is 2.77. The maximum Gasteiger partial charge on any atom is 0.488 e. The van der Waals surface area contributed by atoms with E-state index in [1.807, 2.05) is 4.98 Å². The van der Waals surface area contributed by atoms with Crippen LogP contribution in [0.4, 0.5) is 4.39 Å². The van der Waals surface area contributed by atoms with Gasteiger partial charge in [-0.2, -0.15) is 4.31 Å². The summed E-state index contributed by atoms with van der Waals surface area (Å²) in [5.41, 5.74) is -6.79. The summed E-state index contributed by atoms with van der Waals surface area (Å²) in [6.45, 7) is -6.79. The van der Waals surface area contributed by atoms with Gasteiger partial charge in [0.1, 0.15) is 18.4 Å². The third-order valence-corrected chi connectivity index (χ3v) is 8.82. The molecule has 0 radical (unpaired) electrons. The number of aromatic nitrogens is 2. The van der Waals surface area contributed by atoms with Crippen LogP contribution in [0.3, 0.4) is 0 Å². The first-order chi connectivity index (χ1) is 14.3. The Morgan fingerprint density at radius 1 is 1.28 bits per heavy atom. The molecule has 3 unspecified atom stereocenters. The van der Waals surface area contributed by atoms with Crippen LogP contribution in [0.15, 0.2) is 21.9 Å². The van der Waals surface area contributed by atoms with Crippen molar-refractivity contribution in [1.82, 2.24) is 9.55 Å². The zero-order valence-corrected chi connectivity index (χ0v) is 19.2. The standard InChI is InChI=1S/C11H18FN2O14P3S/c1-10(18)7(16)11(4-12,26-8(10)14-3-2-6(15)13-9(14)17)5-25-31(24,32)28-30(22,23)27-29(19,20)21/h2-3,7-8,16,18H,4-5H2,1H3,(H,22,23)(H,24,32)(H,13,15,17)(H2,19,20,21)/t7?,8-,10-,11-,31?/m1/s1. The largest absolute Gasteiger partial charge is 0.488 e. The number of hydrogen-bond donors (Lipinski definition) is 7. The molecule has 0 saturated carbocycles. The van der Waals surface area contributed by atoms with Crippen molar-refractivity contribution in [3.05, 3.63) is 33.1 Å². The number of aromatic amines is 1. The van der Waals surface area contributed by atoms with Gasteiger partial charge in [0.25, 0.3) is 5.56 Å². The normalized spacial score (nSPS) is 32.4. The molecule has 32 heavy (non-hydrogen) atoms. The highest BCUT2D eigenvalue weighted by atomic mass is 32.5. The molecule has 184 valence electrons. The molecule has 2 heterocycles. The van der Waals surface area contributed by atoms with Crippen molar-refractivity contribution in [2.24, 2.45) is 0 Å². The van der Waals surface area contributed by atoms with Crippen LogP contribution in [0.1, 0.15) is 13.2 Å². The number of phosphoric acid groups is 2. The van der Waals surface area contributed by atoms with Crippen molar-refractivity contribution in [2.75, 3.05) is 13.3 Å². The highest BCUT2D eigenvalue weighted by molar-refractivity contribution is 8.08. The number of ether oxygens (including phenoxy) is 1. The molecular weight excluding hydrogens is 528 g/mol. The van der Waals surface area contributed by atoms with Gasteiger partial charge in [0, 0.05) is 12.3 Å². The maximum absolute atomic E-state index is 13.9. The molecule has 7 N–H and O–H groups in total. The van der Waals surface area contributed by atoms with Crippen molar-refractivity contribution < 1.29 is 61.2 Å². The third kappa shape index (κ3) is 6.25. The minimum absolute atomic E-state index is 0.628. The predicted octanol–water partition coefficient (Wildman–Crippen LogP) is -1.65. The molecular formula is C11H18FN2O14P3S. The van der Waals surface area contributed by atoms with Gasteiger partial charge in [-0.3, -0.25) is 14.3 Å². The number of halogens is 1. The minimum atomic E-state index is -5.66. The van der Waals surface area contributed by atoms with E-state index in [9.17, 15) is 43.1 Å². The highest BCUT2D eigenvalue weighted by Gasteiger charge is 2.62. The zero-order valence-electron chi connectivity index (χ0n) is 15.7. The number of nitrogens with zero attached hydrogens (tertiary/aromatic N) is 1. The summed E-state index contributed by atoms with van der Waals surface area (Å²) in [5, 5.41) is 21.1. The molecule has 0 aromatic carbocycles. The van der Waals surface area contributed by atoms with E-state index in [0.717, 1.165) is 19.2 Å². The molecule has 1 aliphatic heterocycles. The van der Waals surface area contributed by atoms with Crippen LogP contribution in [0.5, 0.6) is 0 Å². The Kier molecular flexibility index (Phi) is 7.90. The Labute approximate surface area is 182 Å². The number of H-pyrrole nitrogens is 1. The van der Waals surface area contributed by atoms with Crippen molar-refractivity contribution >= 4 is 34.2 Å². The second kappa shape index (κ2) is 9.17. The van der Waals surface area contributed by atoms with Gasteiger partial charge in [-0.25, -0.2) is 22.6 Å². The first-order valence-corrected chi connectivity index (χ1v) is 13.7. The monoisotopic (exact) mass is 546 g/mol. The summed E-state index contributed by atoms with van der Waals surface area (Å²) in [6.07, 6.45) is -3.06. The maximum atomic E-state index is 13.9. The summed E-state index contributed by atoms with van der Waals surface area (Å²) in [4.78, 5) is 61.4. The van der Waals surface area contributed by atoms with E-state index in [2.05, 4.69) is 25.0 Å². The van der Waals surface area contributed by atoms with Crippen LogP contribution in [-0.2, 0) is 38.8 Å². The Morgan fingerprint density at radius 2 is 1.88 bits per heavy atom. The SMILES string of the molecule is C[C@@]1(O)C(O)[C@@](CF)(COP(O)(=S)OP(=O)(O)OP(=O)(O)O)O[C@H]1n1ccc(=O)[nH]c1=O. The van der Waals surface area contributed by atoms with Crippen molar-refractivity contribution in [1.29, 1.82) is 0 Å². The molecule has 2 rings (SSSR count). The van der Waals surface area contributed by atoms with Gasteiger partial charge in [-0.05, 0) is 18.7 Å². The van der Waals surface area contributed by atoms with Crippen molar-refractivity contribution in [3.8, 4) is 0 Å². The molecule has 0 aliphatic carbocycles. The number of aliphatic hydroxyl groups excluding tert-OH is 1. The van der Waals surface area contributed by atoms with Gasteiger partial charge in [0.15, 0.2) is 11.8 Å². The van der Waals surface area contributed by atoms with Crippen molar-refractivity contribution in [3.63, 3.8) is 0 Å². The quantitative estimate of drug-likeness (QED) is 0.171. The Bertz CT molecular complexity index is 1120. The molecule has 1 aromatic heterocycles. The smallest absolute Gasteiger partial charge is 0.387 e. The summed E-state index contributed by atoms with van der Waals surface area (Å²) >= 11 is 4.41. The van der Waals surface area contributed by atoms with E-state index in [0.29, 0.717) is 4.57 Å². The molecule has 21 heteroatoms. The molecule has 16 nitrogen and oxygen atoms in total. The summed E-state index contributed by atoms with van der Waals surface area (Å²) < 4.78 is 54.2. The first-order valence-electron chi connectivity index (χ1n) is 8.08. The zero-order chi connectivity index (χ0) is 24.8. The van der Waals surface area contributed by atoms with Gasteiger partial charge in [0.05, 0.1) is 6.61 Å². The number of alkyl halides is 1.